The van der Waals surface area contributed by atoms with Crippen molar-refractivity contribution < 1.29 is 9.50 Å². The standard InChI is InChI=1S/C10H15FN2O/c1-7(2)10(14,6-12)8-3-4-13-5-9(8)11/h3-5,7,14H,6,12H2,1-2H3. The van der Waals surface area contributed by atoms with E-state index in [1.807, 2.05) is 0 Å². The molecule has 0 aliphatic rings. The second-order valence-corrected chi connectivity index (χ2v) is 3.64. The normalized spacial score (nSPS) is 15.6. The molecule has 1 atom stereocenters. The van der Waals surface area contributed by atoms with Crippen LogP contribution in [0.5, 0.6) is 0 Å². The Morgan fingerprint density at radius 2 is 2.29 bits per heavy atom. The lowest BCUT2D eigenvalue weighted by molar-refractivity contribution is -0.00444. The van der Waals surface area contributed by atoms with E-state index < -0.39 is 11.4 Å². The smallest absolute Gasteiger partial charge is 0.147 e. The van der Waals surface area contributed by atoms with E-state index in [9.17, 15) is 9.50 Å². The summed E-state index contributed by atoms with van der Waals surface area (Å²) in [6, 6.07) is 1.46. The maximum Gasteiger partial charge on any atom is 0.147 e. The molecule has 0 spiro atoms. The van der Waals surface area contributed by atoms with Gasteiger partial charge in [-0.25, -0.2) is 4.39 Å². The van der Waals surface area contributed by atoms with Gasteiger partial charge in [0.05, 0.1) is 6.20 Å². The largest absolute Gasteiger partial charge is 0.383 e. The van der Waals surface area contributed by atoms with Crippen LogP contribution < -0.4 is 5.73 Å². The summed E-state index contributed by atoms with van der Waals surface area (Å²) in [7, 11) is 0. The van der Waals surface area contributed by atoms with Gasteiger partial charge in [0.15, 0.2) is 0 Å². The van der Waals surface area contributed by atoms with Gasteiger partial charge < -0.3 is 10.8 Å². The summed E-state index contributed by atoms with van der Waals surface area (Å²) >= 11 is 0. The van der Waals surface area contributed by atoms with E-state index in [1.165, 1.54) is 12.3 Å². The third kappa shape index (κ3) is 1.76. The summed E-state index contributed by atoms with van der Waals surface area (Å²) in [5.74, 6) is -0.668. The number of hydrogen-bond acceptors (Lipinski definition) is 3. The Kier molecular flexibility index (Phi) is 3.18. The molecular weight excluding hydrogens is 183 g/mol. The highest BCUT2D eigenvalue weighted by molar-refractivity contribution is 5.22. The second kappa shape index (κ2) is 4.02. The van der Waals surface area contributed by atoms with E-state index >= 15 is 0 Å². The van der Waals surface area contributed by atoms with Crippen LogP contribution in [0.3, 0.4) is 0 Å². The van der Waals surface area contributed by atoms with Crippen LogP contribution in [0.15, 0.2) is 18.5 Å². The van der Waals surface area contributed by atoms with Crippen LogP contribution in [0, 0.1) is 11.7 Å². The Hall–Kier alpha value is -1.00. The number of aromatic nitrogens is 1. The fourth-order valence-corrected chi connectivity index (χ4v) is 1.38. The van der Waals surface area contributed by atoms with Crippen LogP contribution in [0.2, 0.25) is 0 Å². The van der Waals surface area contributed by atoms with E-state index in [0.29, 0.717) is 0 Å². The zero-order chi connectivity index (χ0) is 10.8. The third-order valence-corrected chi connectivity index (χ3v) is 2.51. The summed E-state index contributed by atoms with van der Waals surface area (Å²) in [5, 5.41) is 10.2. The Bertz CT molecular complexity index is 317. The summed E-state index contributed by atoms with van der Waals surface area (Å²) in [6.45, 7) is 3.59. The molecule has 0 fully saturated rings. The van der Waals surface area contributed by atoms with Gasteiger partial charge in [-0.1, -0.05) is 13.8 Å². The minimum absolute atomic E-state index is 0.00833. The minimum atomic E-state index is -1.31. The lowest BCUT2D eigenvalue weighted by atomic mass is 9.84. The van der Waals surface area contributed by atoms with Gasteiger partial charge in [0, 0.05) is 18.3 Å². The topological polar surface area (TPSA) is 59.1 Å². The summed E-state index contributed by atoms with van der Waals surface area (Å²) in [4.78, 5) is 3.63. The molecule has 0 bridgehead atoms. The molecule has 3 N–H and O–H groups in total. The fourth-order valence-electron chi connectivity index (χ4n) is 1.38. The minimum Gasteiger partial charge on any atom is -0.383 e. The maximum absolute atomic E-state index is 13.4. The number of rotatable bonds is 3. The molecule has 3 nitrogen and oxygen atoms in total. The molecule has 0 amide bonds. The van der Waals surface area contributed by atoms with Crippen molar-refractivity contribution in [2.45, 2.75) is 19.4 Å². The first kappa shape index (κ1) is 11.1. The van der Waals surface area contributed by atoms with Crippen LogP contribution in [-0.4, -0.2) is 16.6 Å². The van der Waals surface area contributed by atoms with E-state index in [2.05, 4.69) is 4.98 Å². The van der Waals surface area contributed by atoms with Gasteiger partial charge >= 0.3 is 0 Å². The number of hydrogen-bond donors (Lipinski definition) is 2. The summed E-state index contributed by atoms with van der Waals surface area (Å²) < 4.78 is 13.4. The first-order valence-electron chi connectivity index (χ1n) is 4.54. The highest BCUT2D eigenvalue weighted by atomic mass is 19.1. The first-order valence-corrected chi connectivity index (χ1v) is 4.54. The van der Waals surface area contributed by atoms with Gasteiger partial charge in [-0.2, -0.15) is 0 Å². The first-order chi connectivity index (χ1) is 6.52. The van der Waals surface area contributed by atoms with E-state index in [1.54, 1.807) is 13.8 Å². The lowest BCUT2D eigenvalue weighted by Crippen LogP contribution is -2.40. The predicted octanol–water partition coefficient (Wildman–Crippen LogP) is 1.02. The van der Waals surface area contributed by atoms with Crippen molar-refractivity contribution >= 4 is 0 Å². The maximum atomic E-state index is 13.4. The van der Waals surface area contributed by atoms with Gasteiger partial charge in [0.1, 0.15) is 11.4 Å². The highest BCUT2D eigenvalue weighted by Crippen LogP contribution is 2.29. The molecule has 4 heteroatoms. The summed E-state index contributed by atoms with van der Waals surface area (Å²) in [5.41, 5.74) is 4.37. The predicted molar refractivity (Wildman–Crippen MR) is 52.0 cm³/mol. The van der Waals surface area contributed by atoms with Crippen LogP contribution in [-0.2, 0) is 5.60 Å². The van der Waals surface area contributed by atoms with Crippen LogP contribution in [0.25, 0.3) is 0 Å². The summed E-state index contributed by atoms with van der Waals surface area (Å²) in [6.07, 6.45) is 2.53. The molecule has 1 heterocycles. The average molecular weight is 198 g/mol. The van der Waals surface area contributed by atoms with Gasteiger partial charge in [-0.15, -0.1) is 0 Å². The zero-order valence-electron chi connectivity index (χ0n) is 8.37. The van der Waals surface area contributed by atoms with Crippen molar-refractivity contribution in [3.63, 3.8) is 0 Å². The molecule has 0 aliphatic carbocycles. The molecule has 1 aromatic heterocycles. The molecule has 1 aromatic rings. The van der Waals surface area contributed by atoms with Gasteiger partial charge in [-0.05, 0) is 12.0 Å². The fraction of sp³-hybridized carbons (Fsp3) is 0.500. The molecule has 14 heavy (non-hydrogen) atoms. The van der Waals surface area contributed by atoms with Crippen molar-refractivity contribution in [3.05, 3.63) is 29.8 Å². The molecular formula is C10H15FN2O. The Labute approximate surface area is 82.8 Å². The molecule has 78 valence electrons. The second-order valence-electron chi connectivity index (χ2n) is 3.64. The van der Waals surface area contributed by atoms with Crippen molar-refractivity contribution in [3.8, 4) is 0 Å². The third-order valence-electron chi connectivity index (χ3n) is 2.51. The molecule has 0 aliphatic heterocycles. The van der Waals surface area contributed by atoms with Crippen molar-refractivity contribution in [2.75, 3.05) is 6.54 Å². The van der Waals surface area contributed by atoms with Gasteiger partial charge in [0.2, 0.25) is 0 Å². The van der Waals surface area contributed by atoms with Gasteiger partial charge in [-0.3, -0.25) is 4.98 Å². The van der Waals surface area contributed by atoms with E-state index in [0.717, 1.165) is 6.20 Å². The molecule has 1 rings (SSSR count). The van der Waals surface area contributed by atoms with Crippen molar-refractivity contribution in [1.82, 2.24) is 4.98 Å². The van der Waals surface area contributed by atoms with Crippen LogP contribution in [0.1, 0.15) is 19.4 Å². The lowest BCUT2D eigenvalue weighted by Gasteiger charge is -2.31. The molecule has 0 saturated carbocycles. The zero-order valence-corrected chi connectivity index (χ0v) is 8.37. The van der Waals surface area contributed by atoms with E-state index in [4.69, 9.17) is 5.73 Å². The van der Waals surface area contributed by atoms with Crippen molar-refractivity contribution in [2.24, 2.45) is 11.7 Å². The monoisotopic (exact) mass is 198 g/mol. The number of halogens is 1. The van der Waals surface area contributed by atoms with Crippen LogP contribution >= 0.6 is 0 Å². The average Bonchev–Trinajstić information content (AvgIpc) is 2.17. The quantitative estimate of drug-likeness (QED) is 0.762. The molecule has 0 aromatic carbocycles. The van der Waals surface area contributed by atoms with Crippen molar-refractivity contribution in [1.29, 1.82) is 0 Å². The Balaban J connectivity index is 3.19. The van der Waals surface area contributed by atoms with Crippen LogP contribution in [0.4, 0.5) is 4.39 Å². The SMILES string of the molecule is CC(C)C(O)(CN)c1ccncc1F. The number of pyridine rings is 1. The number of nitrogens with two attached hydrogens (primary N) is 1. The van der Waals surface area contributed by atoms with E-state index in [-0.39, 0.29) is 18.0 Å². The number of aliphatic hydroxyl groups is 1. The number of nitrogens with zero attached hydrogens (tertiary/aromatic N) is 1. The Morgan fingerprint density at radius 3 is 2.71 bits per heavy atom. The Morgan fingerprint density at radius 1 is 1.64 bits per heavy atom. The molecule has 0 radical (unpaired) electrons. The molecule has 1 unspecified atom stereocenters. The highest BCUT2D eigenvalue weighted by Gasteiger charge is 2.33. The van der Waals surface area contributed by atoms with Gasteiger partial charge in [0.25, 0.3) is 0 Å². The molecule has 0 saturated heterocycles.